The minimum atomic E-state index is -2.74. The second-order valence-electron chi connectivity index (χ2n) is 8.87. The van der Waals surface area contributed by atoms with Crippen molar-refractivity contribution in [1.29, 1.82) is 0 Å². The zero-order valence-corrected chi connectivity index (χ0v) is 19.9. The largest absolute Gasteiger partial charge is 0.405 e. The Bertz CT molecular complexity index is 1020. The summed E-state index contributed by atoms with van der Waals surface area (Å²) in [4.78, 5) is 12.3. The van der Waals surface area contributed by atoms with E-state index >= 15 is 0 Å². The Hall–Kier alpha value is -2.97. The molecule has 3 aromatic rings. The molecule has 0 amide bonds. The summed E-state index contributed by atoms with van der Waals surface area (Å²) in [5.74, 6) is 5.18. The zero-order valence-electron chi connectivity index (χ0n) is 18.9. The average Bonchev–Trinajstić information content (AvgIpc) is 2.79. The minimum absolute atomic E-state index is 0.0575. The predicted octanol–water partition coefficient (Wildman–Crippen LogP) is 3.93. The van der Waals surface area contributed by atoms with Crippen LogP contribution in [-0.4, -0.2) is 31.9 Å². The highest BCUT2D eigenvalue weighted by molar-refractivity contribution is 6.99. The number of carbonyl (C=O) groups excluding carboxylic acids is 1. The molecule has 0 aliphatic heterocycles. The Morgan fingerprint density at radius 3 is 1.81 bits per heavy atom. The minimum Gasteiger partial charge on any atom is -0.405 e. The molecule has 0 heterocycles. The van der Waals surface area contributed by atoms with Gasteiger partial charge in [0.25, 0.3) is 8.32 Å². The summed E-state index contributed by atoms with van der Waals surface area (Å²) in [6.07, 6.45) is -0.980. The van der Waals surface area contributed by atoms with Crippen LogP contribution in [-0.2, 0) is 9.22 Å². The number of aliphatic hydroxyl groups is 1. The molecule has 1 N–H and O–H groups in total. The molecule has 3 rings (SSSR count). The van der Waals surface area contributed by atoms with Crippen LogP contribution in [0.2, 0.25) is 5.04 Å². The summed E-state index contributed by atoms with van der Waals surface area (Å²) in [6.45, 7) is 6.62. The first-order valence-electron chi connectivity index (χ1n) is 10.9. The molecule has 0 aliphatic carbocycles. The average molecular weight is 443 g/mol. The van der Waals surface area contributed by atoms with Crippen LogP contribution in [0.5, 0.6) is 0 Å². The highest BCUT2D eigenvalue weighted by atomic mass is 28.4. The predicted molar refractivity (Wildman–Crippen MR) is 133 cm³/mol. The van der Waals surface area contributed by atoms with E-state index in [4.69, 9.17) is 4.43 Å². The Balaban J connectivity index is 1.82. The number of hydrogen-bond donors (Lipinski definition) is 1. The number of carbonyl (C=O) groups is 1. The first-order valence-corrected chi connectivity index (χ1v) is 12.8. The van der Waals surface area contributed by atoms with E-state index in [-0.39, 0.29) is 23.8 Å². The summed E-state index contributed by atoms with van der Waals surface area (Å²) < 4.78 is 6.68. The van der Waals surface area contributed by atoms with Crippen LogP contribution < -0.4 is 10.4 Å². The molecule has 0 aliphatic rings. The molecule has 164 valence electrons. The molecule has 32 heavy (non-hydrogen) atoms. The van der Waals surface area contributed by atoms with E-state index < -0.39 is 14.4 Å². The van der Waals surface area contributed by atoms with Crippen LogP contribution in [0.4, 0.5) is 0 Å². The van der Waals surface area contributed by atoms with Gasteiger partial charge in [0.15, 0.2) is 0 Å². The monoisotopic (exact) mass is 442 g/mol. The van der Waals surface area contributed by atoms with E-state index in [0.717, 1.165) is 15.9 Å². The third-order valence-electron chi connectivity index (χ3n) is 5.45. The van der Waals surface area contributed by atoms with Gasteiger partial charge in [-0.15, -0.1) is 0 Å². The van der Waals surface area contributed by atoms with Gasteiger partial charge in [-0.3, -0.25) is 4.79 Å². The highest BCUT2D eigenvalue weighted by Gasteiger charge is 2.50. The van der Waals surface area contributed by atoms with Crippen molar-refractivity contribution >= 4 is 24.5 Å². The van der Waals surface area contributed by atoms with Crippen LogP contribution in [0.15, 0.2) is 91.0 Å². The normalized spacial score (nSPS) is 12.5. The Kier molecular flexibility index (Phi) is 7.82. The van der Waals surface area contributed by atoms with Gasteiger partial charge in [0.05, 0.1) is 12.7 Å². The lowest BCUT2D eigenvalue weighted by atomic mass is 10.1. The third-order valence-corrected chi connectivity index (χ3v) is 10.5. The van der Waals surface area contributed by atoms with Crippen molar-refractivity contribution in [2.45, 2.75) is 38.3 Å². The maximum Gasteiger partial charge on any atom is 0.261 e. The van der Waals surface area contributed by atoms with Crippen molar-refractivity contribution in [3.63, 3.8) is 0 Å². The van der Waals surface area contributed by atoms with Crippen molar-refractivity contribution < 1.29 is 14.3 Å². The molecular weight excluding hydrogens is 412 g/mol. The maximum absolute atomic E-state index is 12.3. The second-order valence-corrected chi connectivity index (χ2v) is 13.2. The van der Waals surface area contributed by atoms with E-state index in [1.165, 1.54) is 0 Å². The summed E-state index contributed by atoms with van der Waals surface area (Å²) in [5, 5.41) is 12.7. The van der Waals surface area contributed by atoms with Crippen molar-refractivity contribution in [3.05, 3.63) is 96.6 Å². The SMILES string of the molecule is CC(C)(C)[Si](OC[C@@H](O)CC(=O)C#Cc1ccccc1)(c1ccccc1)c1ccccc1. The van der Waals surface area contributed by atoms with Crippen molar-refractivity contribution in [3.8, 4) is 11.8 Å². The summed E-state index contributed by atoms with van der Waals surface area (Å²) >= 11 is 0. The van der Waals surface area contributed by atoms with Gasteiger partial charge in [0, 0.05) is 12.0 Å². The van der Waals surface area contributed by atoms with Crippen LogP contribution in [0, 0.1) is 11.8 Å². The lowest BCUT2D eigenvalue weighted by molar-refractivity contribution is -0.116. The van der Waals surface area contributed by atoms with E-state index in [9.17, 15) is 9.90 Å². The van der Waals surface area contributed by atoms with Crippen LogP contribution in [0.1, 0.15) is 32.8 Å². The third kappa shape index (κ3) is 5.63. The molecule has 3 nitrogen and oxygen atoms in total. The molecule has 0 fully saturated rings. The number of ketones is 1. The van der Waals surface area contributed by atoms with Gasteiger partial charge in [0.2, 0.25) is 5.78 Å². The van der Waals surface area contributed by atoms with Gasteiger partial charge in [-0.1, -0.05) is 106 Å². The lowest BCUT2D eigenvalue weighted by Crippen LogP contribution is -2.67. The first kappa shape index (κ1) is 23.7. The molecular formula is C28H30O3Si. The summed E-state index contributed by atoms with van der Waals surface area (Å²) in [7, 11) is -2.74. The molecule has 0 aromatic heterocycles. The van der Waals surface area contributed by atoms with Gasteiger partial charge in [-0.25, -0.2) is 0 Å². The van der Waals surface area contributed by atoms with Crippen molar-refractivity contribution in [1.82, 2.24) is 0 Å². The topological polar surface area (TPSA) is 46.5 Å². The smallest absolute Gasteiger partial charge is 0.261 e. The molecule has 0 radical (unpaired) electrons. The van der Waals surface area contributed by atoms with Gasteiger partial charge >= 0.3 is 0 Å². The van der Waals surface area contributed by atoms with Gasteiger partial charge in [-0.05, 0) is 33.5 Å². The van der Waals surface area contributed by atoms with Crippen LogP contribution >= 0.6 is 0 Å². The molecule has 0 unspecified atom stereocenters. The van der Waals surface area contributed by atoms with Crippen molar-refractivity contribution in [2.24, 2.45) is 0 Å². The maximum atomic E-state index is 12.3. The summed E-state index contributed by atoms with van der Waals surface area (Å²) in [5.41, 5.74) is 0.777. The highest BCUT2D eigenvalue weighted by Crippen LogP contribution is 2.36. The summed E-state index contributed by atoms with van der Waals surface area (Å²) in [6, 6.07) is 29.9. The quantitative estimate of drug-likeness (QED) is 0.445. The number of aliphatic hydroxyl groups excluding tert-OH is 1. The van der Waals surface area contributed by atoms with Crippen LogP contribution in [0.3, 0.4) is 0 Å². The molecule has 0 spiro atoms. The van der Waals surface area contributed by atoms with Crippen LogP contribution in [0.25, 0.3) is 0 Å². The second kappa shape index (κ2) is 10.6. The molecule has 1 atom stereocenters. The molecule has 0 saturated heterocycles. The van der Waals surface area contributed by atoms with E-state index in [1.807, 2.05) is 66.7 Å². The molecule has 4 heteroatoms. The van der Waals surface area contributed by atoms with E-state index in [2.05, 4.69) is 56.9 Å². The number of Topliss-reactive ketones (excluding diaryl/α,β-unsaturated/α-hetero) is 1. The fourth-order valence-corrected chi connectivity index (χ4v) is 8.57. The van der Waals surface area contributed by atoms with E-state index in [1.54, 1.807) is 0 Å². The van der Waals surface area contributed by atoms with Gasteiger partial charge in [0.1, 0.15) is 0 Å². The Morgan fingerprint density at radius 2 is 1.34 bits per heavy atom. The fraction of sp³-hybridized carbons (Fsp3) is 0.250. The number of hydrogen-bond acceptors (Lipinski definition) is 3. The number of benzene rings is 3. The van der Waals surface area contributed by atoms with Gasteiger partial charge in [-0.2, -0.15) is 0 Å². The standard InChI is InChI=1S/C28H30O3Si/c1-28(2,3)32(26-15-9-5-10-16-26,27-17-11-6-12-18-27)31-22-25(30)21-24(29)20-19-23-13-7-4-8-14-23/h4-18,25,30H,21-22H2,1-3H3/t25-/m0/s1. The Morgan fingerprint density at radius 1 is 0.875 bits per heavy atom. The molecule has 3 aromatic carbocycles. The van der Waals surface area contributed by atoms with E-state index in [0.29, 0.717) is 0 Å². The molecule has 0 saturated carbocycles. The first-order chi connectivity index (χ1) is 15.3. The zero-order chi connectivity index (χ0) is 23.0. The number of rotatable bonds is 7. The molecule has 0 bridgehead atoms. The van der Waals surface area contributed by atoms with Crippen molar-refractivity contribution in [2.75, 3.05) is 6.61 Å². The fourth-order valence-electron chi connectivity index (χ4n) is 3.97. The Labute approximate surface area is 192 Å². The van der Waals surface area contributed by atoms with Gasteiger partial charge < -0.3 is 9.53 Å². The lowest BCUT2D eigenvalue weighted by Gasteiger charge is -2.43.